The molecule has 0 saturated carbocycles. The maximum atomic E-state index is 12.1. The van der Waals surface area contributed by atoms with Gasteiger partial charge < -0.3 is 10.1 Å². The van der Waals surface area contributed by atoms with Gasteiger partial charge in [-0.05, 0) is 31.9 Å². The molecule has 1 amide bonds. The summed E-state index contributed by atoms with van der Waals surface area (Å²) in [6.45, 7) is 4.02. The highest BCUT2D eigenvalue weighted by molar-refractivity contribution is 7.13. The predicted octanol–water partition coefficient (Wildman–Crippen LogP) is 3.97. The molecular formula is C16H19N3O2S. The lowest BCUT2D eigenvalue weighted by Gasteiger charge is -2.38. The second-order valence-corrected chi connectivity index (χ2v) is 6.33. The third kappa shape index (κ3) is 2.66. The summed E-state index contributed by atoms with van der Waals surface area (Å²) < 4.78 is 4.93. The highest BCUT2D eigenvalue weighted by Gasteiger charge is 2.34. The monoisotopic (exact) mass is 317 g/mol. The quantitative estimate of drug-likeness (QED) is 0.910. The Bertz CT molecular complexity index is 686. The van der Waals surface area contributed by atoms with Crippen molar-refractivity contribution in [1.29, 1.82) is 0 Å². The number of anilines is 2. The Morgan fingerprint density at radius 3 is 2.91 bits per heavy atom. The van der Waals surface area contributed by atoms with Crippen LogP contribution < -0.4 is 10.2 Å². The fourth-order valence-electron chi connectivity index (χ4n) is 2.90. The Balaban J connectivity index is 1.94. The molecule has 22 heavy (non-hydrogen) atoms. The molecule has 1 aromatic heterocycles. The van der Waals surface area contributed by atoms with E-state index >= 15 is 0 Å². The van der Waals surface area contributed by atoms with Crippen LogP contribution in [0.2, 0.25) is 0 Å². The number of hydrogen-bond donors (Lipinski definition) is 1. The van der Waals surface area contributed by atoms with E-state index in [1.807, 2.05) is 37.4 Å². The lowest BCUT2D eigenvalue weighted by molar-refractivity contribution is 0.175. The number of ether oxygens (including phenoxy) is 1. The zero-order valence-corrected chi connectivity index (χ0v) is 13.7. The van der Waals surface area contributed by atoms with Gasteiger partial charge in [-0.1, -0.05) is 18.2 Å². The summed E-state index contributed by atoms with van der Waals surface area (Å²) in [5.41, 5.74) is 3.01. The second kappa shape index (κ2) is 5.96. The topological polar surface area (TPSA) is 54.5 Å². The van der Waals surface area contributed by atoms with Crippen LogP contribution in [-0.4, -0.2) is 24.2 Å². The molecule has 1 aromatic carbocycles. The maximum Gasteiger partial charge on any atom is 0.414 e. The summed E-state index contributed by atoms with van der Waals surface area (Å²) in [6, 6.07) is 8.14. The standard InChI is InChI=1S/C16H19N3O2S/c1-10-9-22-15(17-10)18-13-8-11(2)19(16(20)21-3)14-7-5-4-6-12(13)14/h4-7,9,11,13H,8H2,1-3H3,(H,17,18). The molecule has 2 atom stereocenters. The first-order valence-electron chi connectivity index (χ1n) is 7.25. The van der Waals surface area contributed by atoms with E-state index in [4.69, 9.17) is 4.74 Å². The van der Waals surface area contributed by atoms with Crippen LogP contribution in [-0.2, 0) is 4.74 Å². The molecule has 1 aliphatic rings. The normalized spacial score (nSPS) is 20.4. The number of aryl methyl sites for hydroxylation is 1. The number of fused-ring (bicyclic) bond motifs is 1. The van der Waals surface area contributed by atoms with Crippen LogP contribution >= 0.6 is 11.3 Å². The van der Waals surface area contributed by atoms with Gasteiger partial charge in [0.1, 0.15) is 0 Å². The third-order valence-electron chi connectivity index (χ3n) is 3.88. The summed E-state index contributed by atoms with van der Waals surface area (Å²) in [6.07, 6.45) is 0.494. The Morgan fingerprint density at radius 1 is 1.45 bits per heavy atom. The van der Waals surface area contributed by atoms with Crippen LogP contribution in [0.4, 0.5) is 15.6 Å². The van der Waals surface area contributed by atoms with Gasteiger partial charge in [0.05, 0.1) is 24.5 Å². The van der Waals surface area contributed by atoms with Crippen molar-refractivity contribution in [1.82, 2.24) is 4.98 Å². The van der Waals surface area contributed by atoms with E-state index in [2.05, 4.69) is 16.4 Å². The van der Waals surface area contributed by atoms with E-state index in [-0.39, 0.29) is 18.2 Å². The molecule has 0 fully saturated rings. The van der Waals surface area contributed by atoms with Crippen LogP contribution in [0.5, 0.6) is 0 Å². The van der Waals surface area contributed by atoms with Crippen LogP contribution in [0.1, 0.15) is 30.6 Å². The second-order valence-electron chi connectivity index (χ2n) is 5.47. The number of carbonyl (C=O) groups excluding carboxylic acids is 1. The van der Waals surface area contributed by atoms with E-state index in [1.54, 1.807) is 16.2 Å². The molecule has 0 spiro atoms. The minimum absolute atomic E-state index is 0.0564. The average molecular weight is 317 g/mol. The lowest BCUT2D eigenvalue weighted by atomic mass is 9.92. The number of carbonyl (C=O) groups is 1. The fourth-order valence-corrected chi connectivity index (χ4v) is 3.64. The molecule has 1 aliphatic heterocycles. The molecule has 6 heteroatoms. The number of rotatable bonds is 2. The number of para-hydroxylation sites is 1. The van der Waals surface area contributed by atoms with Gasteiger partial charge in [0.25, 0.3) is 0 Å². The first kappa shape index (κ1) is 14.8. The number of nitrogens with one attached hydrogen (secondary N) is 1. The molecule has 5 nitrogen and oxygen atoms in total. The number of amides is 1. The number of benzene rings is 1. The van der Waals surface area contributed by atoms with Gasteiger partial charge in [0.15, 0.2) is 5.13 Å². The van der Waals surface area contributed by atoms with Gasteiger partial charge in [-0.15, -0.1) is 11.3 Å². The van der Waals surface area contributed by atoms with Crippen LogP contribution in [0, 0.1) is 6.92 Å². The molecule has 2 aromatic rings. The first-order chi connectivity index (χ1) is 10.6. The molecule has 116 valence electrons. The maximum absolute atomic E-state index is 12.1. The van der Waals surface area contributed by atoms with E-state index in [0.717, 1.165) is 28.5 Å². The van der Waals surface area contributed by atoms with E-state index in [1.165, 1.54) is 7.11 Å². The summed E-state index contributed by atoms with van der Waals surface area (Å²) >= 11 is 1.60. The molecular weight excluding hydrogens is 298 g/mol. The van der Waals surface area contributed by atoms with E-state index in [9.17, 15) is 4.79 Å². The largest absolute Gasteiger partial charge is 0.452 e. The van der Waals surface area contributed by atoms with Gasteiger partial charge in [0.2, 0.25) is 0 Å². The molecule has 1 N–H and O–H groups in total. The fraction of sp³-hybridized carbons (Fsp3) is 0.375. The summed E-state index contributed by atoms with van der Waals surface area (Å²) in [4.78, 5) is 18.3. The van der Waals surface area contributed by atoms with Crippen LogP contribution in [0.15, 0.2) is 29.6 Å². The zero-order chi connectivity index (χ0) is 15.7. The van der Waals surface area contributed by atoms with Gasteiger partial charge >= 0.3 is 6.09 Å². The van der Waals surface area contributed by atoms with Gasteiger partial charge in [-0.25, -0.2) is 9.78 Å². The number of hydrogen-bond acceptors (Lipinski definition) is 5. The van der Waals surface area contributed by atoms with Crippen LogP contribution in [0.3, 0.4) is 0 Å². The van der Waals surface area contributed by atoms with Crippen molar-refractivity contribution in [2.45, 2.75) is 32.4 Å². The molecule has 0 saturated heterocycles. The minimum Gasteiger partial charge on any atom is -0.452 e. The SMILES string of the molecule is COC(=O)N1c2ccccc2C(Nc2nc(C)cs2)CC1C. The van der Waals surface area contributed by atoms with Crippen molar-refractivity contribution in [3.8, 4) is 0 Å². The molecule has 0 bridgehead atoms. The third-order valence-corrected chi connectivity index (χ3v) is 4.77. The smallest absolute Gasteiger partial charge is 0.414 e. The van der Waals surface area contributed by atoms with Gasteiger partial charge in [0, 0.05) is 11.4 Å². The van der Waals surface area contributed by atoms with Gasteiger partial charge in [-0.2, -0.15) is 0 Å². The molecule has 2 heterocycles. The highest BCUT2D eigenvalue weighted by Crippen LogP contribution is 2.39. The Kier molecular flexibility index (Phi) is 4.02. The van der Waals surface area contributed by atoms with E-state index in [0.29, 0.717) is 0 Å². The van der Waals surface area contributed by atoms with Crippen molar-refractivity contribution in [3.63, 3.8) is 0 Å². The minimum atomic E-state index is -0.316. The predicted molar refractivity (Wildman–Crippen MR) is 88.6 cm³/mol. The lowest BCUT2D eigenvalue weighted by Crippen LogP contribution is -2.44. The molecule has 0 radical (unpaired) electrons. The Labute approximate surface area is 133 Å². The molecule has 3 rings (SSSR count). The number of methoxy groups -OCH3 is 1. The first-order valence-corrected chi connectivity index (χ1v) is 8.13. The number of nitrogens with zero attached hydrogens (tertiary/aromatic N) is 2. The number of aromatic nitrogens is 1. The molecule has 0 aliphatic carbocycles. The van der Waals surface area contributed by atoms with Crippen molar-refractivity contribution in [2.24, 2.45) is 0 Å². The van der Waals surface area contributed by atoms with Crippen molar-refractivity contribution >= 4 is 28.2 Å². The Morgan fingerprint density at radius 2 is 2.23 bits per heavy atom. The van der Waals surface area contributed by atoms with E-state index < -0.39 is 0 Å². The zero-order valence-electron chi connectivity index (χ0n) is 12.9. The van der Waals surface area contributed by atoms with Crippen molar-refractivity contribution in [3.05, 3.63) is 40.9 Å². The molecule has 2 unspecified atom stereocenters. The Hall–Kier alpha value is -2.08. The number of thiazole rings is 1. The summed E-state index contributed by atoms with van der Waals surface area (Å²) in [5.74, 6) is 0. The van der Waals surface area contributed by atoms with Crippen molar-refractivity contribution < 1.29 is 9.53 Å². The average Bonchev–Trinajstić information content (AvgIpc) is 2.92. The van der Waals surface area contributed by atoms with Crippen molar-refractivity contribution in [2.75, 3.05) is 17.3 Å². The summed E-state index contributed by atoms with van der Waals surface area (Å²) in [5, 5.41) is 6.44. The summed E-state index contributed by atoms with van der Waals surface area (Å²) in [7, 11) is 1.42. The van der Waals surface area contributed by atoms with Crippen LogP contribution in [0.25, 0.3) is 0 Å². The van der Waals surface area contributed by atoms with Gasteiger partial charge in [-0.3, -0.25) is 4.90 Å². The highest BCUT2D eigenvalue weighted by atomic mass is 32.1.